The predicted molar refractivity (Wildman–Crippen MR) is 63.9 cm³/mol. The van der Waals surface area contributed by atoms with Crippen LogP contribution in [0.1, 0.15) is 5.69 Å². The molecule has 5 heteroatoms. The highest BCUT2D eigenvalue weighted by Gasteiger charge is 2.06. The summed E-state index contributed by atoms with van der Waals surface area (Å²) in [5, 5.41) is 9.50. The fourth-order valence-corrected chi connectivity index (χ4v) is 2.04. The van der Waals surface area contributed by atoms with E-state index in [1.807, 2.05) is 30.3 Å². The first kappa shape index (κ1) is 11.4. The summed E-state index contributed by atoms with van der Waals surface area (Å²) in [4.78, 5) is 9.08. The van der Waals surface area contributed by atoms with Gasteiger partial charge in [0.1, 0.15) is 16.8 Å². The van der Waals surface area contributed by atoms with Crippen molar-refractivity contribution in [2.24, 2.45) is 0 Å². The highest BCUT2D eigenvalue weighted by molar-refractivity contribution is 7.99. The lowest BCUT2D eigenvalue weighted by Gasteiger charge is -2.03. The smallest absolute Gasteiger partial charge is 0.173 e. The predicted octanol–water partition coefficient (Wildman–Crippen LogP) is 2.51. The first-order chi connectivity index (χ1) is 8.33. The van der Waals surface area contributed by atoms with Gasteiger partial charge in [0.15, 0.2) is 5.69 Å². The number of benzene rings is 1. The minimum absolute atomic E-state index is 0.341. The maximum absolute atomic E-state index is 8.89. The topological polar surface area (TPSA) is 58.8 Å². The van der Waals surface area contributed by atoms with E-state index in [0.29, 0.717) is 10.7 Å². The van der Waals surface area contributed by atoms with Gasteiger partial charge in [0, 0.05) is 17.3 Å². The van der Waals surface area contributed by atoms with Crippen LogP contribution in [0, 0.1) is 11.3 Å². The van der Waals surface area contributed by atoms with Gasteiger partial charge in [-0.2, -0.15) is 5.26 Å². The Hall–Kier alpha value is -2.06. The standard InChI is InChI=1S/C12H9N3OS/c1-16-9-2-4-10(5-3-9)17-12-11(8-13)14-6-7-15-12/h2-7H,1H3. The minimum Gasteiger partial charge on any atom is -0.497 e. The molecule has 0 fully saturated rings. The maximum atomic E-state index is 8.89. The van der Waals surface area contributed by atoms with Crippen LogP contribution in [-0.2, 0) is 0 Å². The van der Waals surface area contributed by atoms with Crippen molar-refractivity contribution in [3.63, 3.8) is 0 Å². The molecule has 0 radical (unpaired) electrons. The minimum atomic E-state index is 0.341. The second kappa shape index (κ2) is 5.32. The summed E-state index contributed by atoms with van der Waals surface area (Å²) >= 11 is 1.41. The molecule has 0 amide bonds. The Balaban J connectivity index is 2.23. The number of nitrogens with zero attached hydrogens (tertiary/aromatic N) is 3. The summed E-state index contributed by atoms with van der Waals surface area (Å²) in [5.41, 5.74) is 0.341. The summed E-state index contributed by atoms with van der Waals surface area (Å²) in [6.07, 6.45) is 3.09. The summed E-state index contributed by atoms with van der Waals surface area (Å²) in [6, 6.07) is 9.58. The Morgan fingerprint density at radius 3 is 2.53 bits per heavy atom. The van der Waals surface area contributed by atoms with Crippen LogP contribution >= 0.6 is 11.8 Å². The van der Waals surface area contributed by atoms with E-state index in [9.17, 15) is 0 Å². The Morgan fingerprint density at radius 2 is 1.88 bits per heavy atom. The second-order valence-corrected chi connectivity index (χ2v) is 4.16. The molecule has 2 rings (SSSR count). The first-order valence-electron chi connectivity index (χ1n) is 4.86. The van der Waals surface area contributed by atoms with E-state index >= 15 is 0 Å². The molecule has 4 nitrogen and oxygen atoms in total. The molecule has 0 spiro atoms. The third-order valence-corrected chi connectivity index (χ3v) is 3.04. The molecule has 0 unspecified atom stereocenters. The lowest BCUT2D eigenvalue weighted by atomic mass is 10.3. The SMILES string of the molecule is COc1ccc(Sc2nccnc2C#N)cc1. The molecule has 0 aliphatic rings. The fraction of sp³-hybridized carbons (Fsp3) is 0.0833. The van der Waals surface area contributed by atoms with E-state index in [1.54, 1.807) is 13.3 Å². The van der Waals surface area contributed by atoms with Crippen LogP contribution in [0.25, 0.3) is 0 Å². The molecular formula is C12H9N3OS. The van der Waals surface area contributed by atoms with Crippen LogP contribution in [0.4, 0.5) is 0 Å². The summed E-state index contributed by atoms with van der Waals surface area (Å²) in [5.74, 6) is 0.800. The van der Waals surface area contributed by atoms with Gasteiger partial charge in [-0.25, -0.2) is 9.97 Å². The van der Waals surface area contributed by atoms with E-state index in [1.165, 1.54) is 18.0 Å². The van der Waals surface area contributed by atoms with Crippen molar-refractivity contribution < 1.29 is 4.74 Å². The van der Waals surface area contributed by atoms with Crippen LogP contribution in [0.15, 0.2) is 46.6 Å². The molecule has 1 aromatic carbocycles. The van der Waals surface area contributed by atoms with E-state index in [2.05, 4.69) is 9.97 Å². The second-order valence-electron chi connectivity index (χ2n) is 3.10. The molecule has 0 saturated carbocycles. The van der Waals surface area contributed by atoms with Gasteiger partial charge < -0.3 is 4.74 Å². The van der Waals surface area contributed by atoms with Crippen LogP contribution < -0.4 is 4.74 Å². The van der Waals surface area contributed by atoms with Gasteiger partial charge in [-0.05, 0) is 24.3 Å². The molecular weight excluding hydrogens is 234 g/mol. The van der Waals surface area contributed by atoms with Crippen molar-refractivity contribution in [3.8, 4) is 11.8 Å². The molecule has 0 saturated heterocycles. The normalized spacial score (nSPS) is 9.65. The average Bonchev–Trinajstić information content (AvgIpc) is 2.40. The van der Waals surface area contributed by atoms with Crippen molar-refractivity contribution in [3.05, 3.63) is 42.4 Å². The molecule has 0 aliphatic heterocycles. The Labute approximate surface area is 103 Å². The number of hydrogen-bond donors (Lipinski definition) is 0. The number of methoxy groups -OCH3 is 1. The third-order valence-electron chi connectivity index (χ3n) is 2.04. The molecule has 0 aliphatic carbocycles. The molecule has 0 atom stereocenters. The van der Waals surface area contributed by atoms with Gasteiger partial charge in [-0.15, -0.1) is 0 Å². The number of hydrogen-bond acceptors (Lipinski definition) is 5. The highest BCUT2D eigenvalue weighted by Crippen LogP contribution is 2.28. The quantitative estimate of drug-likeness (QED) is 0.829. The number of rotatable bonds is 3. The molecule has 0 N–H and O–H groups in total. The first-order valence-corrected chi connectivity index (χ1v) is 5.68. The van der Waals surface area contributed by atoms with E-state index in [4.69, 9.17) is 10.00 Å². The lowest BCUT2D eigenvalue weighted by Crippen LogP contribution is -1.89. The van der Waals surface area contributed by atoms with E-state index in [0.717, 1.165) is 10.6 Å². The number of ether oxygens (including phenoxy) is 1. The molecule has 17 heavy (non-hydrogen) atoms. The van der Waals surface area contributed by atoms with Crippen molar-refractivity contribution in [1.29, 1.82) is 5.26 Å². The monoisotopic (exact) mass is 243 g/mol. The molecule has 2 aromatic rings. The summed E-state index contributed by atoms with van der Waals surface area (Å²) in [7, 11) is 1.62. The molecule has 0 bridgehead atoms. The summed E-state index contributed by atoms with van der Waals surface area (Å²) in [6.45, 7) is 0. The zero-order chi connectivity index (χ0) is 12.1. The van der Waals surface area contributed by atoms with Gasteiger partial charge in [-0.3, -0.25) is 0 Å². The van der Waals surface area contributed by atoms with Crippen molar-refractivity contribution in [1.82, 2.24) is 9.97 Å². The molecule has 1 aromatic heterocycles. The van der Waals surface area contributed by atoms with Crippen molar-refractivity contribution in [2.45, 2.75) is 9.92 Å². The molecule has 1 heterocycles. The van der Waals surface area contributed by atoms with Gasteiger partial charge in [0.05, 0.1) is 7.11 Å². The van der Waals surface area contributed by atoms with Crippen LogP contribution in [-0.4, -0.2) is 17.1 Å². The van der Waals surface area contributed by atoms with Crippen molar-refractivity contribution >= 4 is 11.8 Å². The van der Waals surface area contributed by atoms with Gasteiger partial charge >= 0.3 is 0 Å². The number of nitriles is 1. The Kier molecular flexibility index (Phi) is 3.58. The third kappa shape index (κ3) is 2.74. The Bertz CT molecular complexity index is 548. The van der Waals surface area contributed by atoms with E-state index in [-0.39, 0.29) is 0 Å². The van der Waals surface area contributed by atoms with Gasteiger partial charge in [-0.1, -0.05) is 11.8 Å². The van der Waals surface area contributed by atoms with Crippen LogP contribution in [0.2, 0.25) is 0 Å². The van der Waals surface area contributed by atoms with Crippen LogP contribution in [0.5, 0.6) is 5.75 Å². The zero-order valence-corrected chi connectivity index (χ0v) is 9.94. The van der Waals surface area contributed by atoms with Gasteiger partial charge in [0.2, 0.25) is 0 Å². The summed E-state index contributed by atoms with van der Waals surface area (Å²) < 4.78 is 5.07. The van der Waals surface area contributed by atoms with E-state index < -0.39 is 0 Å². The van der Waals surface area contributed by atoms with Gasteiger partial charge in [0.25, 0.3) is 0 Å². The maximum Gasteiger partial charge on any atom is 0.173 e. The number of aromatic nitrogens is 2. The Morgan fingerprint density at radius 1 is 1.18 bits per heavy atom. The molecule has 84 valence electrons. The van der Waals surface area contributed by atoms with Crippen molar-refractivity contribution in [2.75, 3.05) is 7.11 Å². The van der Waals surface area contributed by atoms with Crippen LogP contribution in [0.3, 0.4) is 0 Å². The zero-order valence-electron chi connectivity index (χ0n) is 9.12. The lowest BCUT2D eigenvalue weighted by molar-refractivity contribution is 0.414. The largest absolute Gasteiger partial charge is 0.497 e. The average molecular weight is 243 g/mol. The fourth-order valence-electron chi connectivity index (χ4n) is 1.23. The highest BCUT2D eigenvalue weighted by atomic mass is 32.2.